The largest absolute Gasteiger partial charge is 0.357 e. The van der Waals surface area contributed by atoms with Crippen LogP contribution in [0.25, 0.3) is 0 Å². The minimum absolute atomic E-state index is 0.619. The van der Waals surface area contributed by atoms with Crippen molar-refractivity contribution >= 4 is 5.96 Å². The first-order valence-electron chi connectivity index (χ1n) is 8.44. The van der Waals surface area contributed by atoms with Crippen LogP contribution < -0.4 is 10.6 Å². The van der Waals surface area contributed by atoms with E-state index in [1.807, 2.05) is 18.7 Å². The summed E-state index contributed by atoms with van der Waals surface area (Å²) in [6.45, 7) is 11.3. The van der Waals surface area contributed by atoms with E-state index in [1.165, 1.54) is 5.56 Å². The molecule has 0 spiro atoms. The van der Waals surface area contributed by atoms with Gasteiger partial charge in [0.25, 0.3) is 0 Å². The first kappa shape index (κ1) is 18.0. The van der Waals surface area contributed by atoms with E-state index in [-0.39, 0.29) is 0 Å². The lowest BCUT2D eigenvalue weighted by Crippen LogP contribution is -2.39. The number of aliphatic imine (C=N–C) groups is 1. The molecule has 8 nitrogen and oxygen atoms in total. The zero-order valence-corrected chi connectivity index (χ0v) is 15.3. The van der Waals surface area contributed by atoms with Crippen LogP contribution in [0.4, 0.5) is 0 Å². The summed E-state index contributed by atoms with van der Waals surface area (Å²) in [6.07, 6.45) is 2.65. The third kappa shape index (κ3) is 4.33. The molecule has 0 aliphatic rings. The van der Waals surface area contributed by atoms with Gasteiger partial charge in [-0.1, -0.05) is 6.92 Å². The van der Waals surface area contributed by atoms with Gasteiger partial charge in [0.1, 0.15) is 12.2 Å². The number of guanidine groups is 1. The molecular weight excluding hydrogens is 304 g/mol. The summed E-state index contributed by atoms with van der Waals surface area (Å²) in [5.41, 5.74) is 3.37. The molecule has 0 bridgehead atoms. The van der Waals surface area contributed by atoms with Crippen molar-refractivity contribution in [2.24, 2.45) is 12.0 Å². The van der Waals surface area contributed by atoms with Gasteiger partial charge in [-0.2, -0.15) is 5.10 Å². The van der Waals surface area contributed by atoms with Gasteiger partial charge in [0.2, 0.25) is 0 Å². The van der Waals surface area contributed by atoms with Crippen LogP contribution in [0.1, 0.15) is 36.6 Å². The van der Waals surface area contributed by atoms with Crippen LogP contribution in [0.3, 0.4) is 0 Å². The van der Waals surface area contributed by atoms with Gasteiger partial charge in [0.05, 0.1) is 12.2 Å². The van der Waals surface area contributed by atoms with Crippen molar-refractivity contribution in [3.63, 3.8) is 0 Å². The Labute approximate surface area is 143 Å². The molecule has 132 valence electrons. The smallest absolute Gasteiger partial charge is 0.191 e. The first-order chi connectivity index (χ1) is 11.6. The second kappa shape index (κ2) is 8.47. The zero-order valence-electron chi connectivity index (χ0n) is 15.3. The quantitative estimate of drug-likeness (QED) is 0.582. The van der Waals surface area contributed by atoms with E-state index in [4.69, 9.17) is 0 Å². The highest BCUT2D eigenvalue weighted by atomic mass is 15.3. The van der Waals surface area contributed by atoms with Crippen molar-refractivity contribution in [1.29, 1.82) is 0 Å². The van der Waals surface area contributed by atoms with Crippen LogP contribution in [-0.4, -0.2) is 43.6 Å². The van der Waals surface area contributed by atoms with E-state index in [2.05, 4.69) is 56.3 Å². The fourth-order valence-corrected chi connectivity index (χ4v) is 2.58. The van der Waals surface area contributed by atoms with Crippen LogP contribution in [0, 0.1) is 13.8 Å². The number of aromatic nitrogens is 5. The fourth-order valence-electron chi connectivity index (χ4n) is 2.58. The van der Waals surface area contributed by atoms with E-state index in [1.54, 1.807) is 6.33 Å². The predicted octanol–water partition coefficient (Wildman–Crippen LogP) is 0.946. The van der Waals surface area contributed by atoms with Crippen molar-refractivity contribution in [2.75, 3.05) is 13.1 Å². The summed E-state index contributed by atoms with van der Waals surface area (Å²) in [5, 5.41) is 19.1. The third-order valence-electron chi connectivity index (χ3n) is 4.06. The van der Waals surface area contributed by atoms with Crippen molar-refractivity contribution in [1.82, 2.24) is 35.2 Å². The number of nitrogens with zero attached hydrogens (tertiary/aromatic N) is 6. The number of hydrogen-bond acceptors (Lipinski definition) is 4. The Balaban J connectivity index is 1.95. The SMILES string of the molecule is CCNC(=NCc1c(C)nn(C)c1C)NCCn1cnnc1CC. The van der Waals surface area contributed by atoms with Crippen LogP contribution >= 0.6 is 0 Å². The minimum atomic E-state index is 0.619. The Morgan fingerprint density at radius 2 is 2.04 bits per heavy atom. The maximum Gasteiger partial charge on any atom is 0.191 e. The van der Waals surface area contributed by atoms with E-state index >= 15 is 0 Å². The lowest BCUT2D eigenvalue weighted by molar-refractivity contribution is 0.632. The van der Waals surface area contributed by atoms with Crippen molar-refractivity contribution < 1.29 is 0 Å². The Kier molecular flexibility index (Phi) is 6.34. The molecule has 0 saturated carbocycles. The topological polar surface area (TPSA) is 85.0 Å². The fraction of sp³-hybridized carbons (Fsp3) is 0.625. The molecule has 0 atom stereocenters. The molecule has 0 radical (unpaired) electrons. The van der Waals surface area contributed by atoms with Gasteiger partial charge in [-0.3, -0.25) is 4.68 Å². The second-order valence-electron chi connectivity index (χ2n) is 5.69. The van der Waals surface area contributed by atoms with E-state index in [9.17, 15) is 0 Å². The Bertz CT molecular complexity index is 682. The number of aryl methyl sites for hydroxylation is 3. The maximum atomic E-state index is 4.68. The summed E-state index contributed by atoms with van der Waals surface area (Å²) in [5.74, 6) is 1.81. The molecule has 24 heavy (non-hydrogen) atoms. The molecule has 2 heterocycles. The van der Waals surface area contributed by atoms with Crippen LogP contribution in [0.5, 0.6) is 0 Å². The zero-order chi connectivity index (χ0) is 17.5. The molecule has 0 aromatic carbocycles. The van der Waals surface area contributed by atoms with Crippen molar-refractivity contribution in [3.05, 3.63) is 29.1 Å². The Hall–Kier alpha value is -2.38. The number of rotatable bonds is 7. The summed E-state index contributed by atoms with van der Waals surface area (Å²) < 4.78 is 3.96. The average molecular weight is 332 g/mol. The van der Waals surface area contributed by atoms with E-state index in [0.717, 1.165) is 49.2 Å². The Morgan fingerprint density at radius 3 is 2.67 bits per heavy atom. The molecule has 0 saturated heterocycles. The highest BCUT2D eigenvalue weighted by Crippen LogP contribution is 2.12. The molecule has 2 rings (SSSR count). The lowest BCUT2D eigenvalue weighted by atomic mass is 10.2. The molecule has 2 N–H and O–H groups in total. The van der Waals surface area contributed by atoms with Gasteiger partial charge in [-0.15, -0.1) is 10.2 Å². The Morgan fingerprint density at radius 1 is 1.25 bits per heavy atom. The molecule has 2 aromatic rings. The van der Waals surface area contributed by atoms with E-state index < -0.39 is 0 Å². The van der Waals surface area contributed by atoms with Crippen molar-refractivity contribution in [2.45, 2.75) is 47.2 Å². The highest BCUT2D eigenvalue weighted by Gasteiger charge is 2.09. The van der Waals surface area contributed by atoms with Gasteiger partial charge in [0, 0.05) is 44.4 Å². The summed E-state index contributed by atoms with van der Waals surface area (Å²) in [7, 11) is 1.96. The monoisotopic (exact) mass is 332 g/mol. The summed E-state index contributed by atoms with van der Waals surface area (Å²) >= 11 is 0. The van der Waals surface area contributed by atoms with Gasteiger partial charge < -0.3 is 15.2 Å². The number of hydrogen-bond donors (Lipinski definition) is 2. The highest BCUT2D eigenvalue weighted by molar-refractivity contribution is 5.79. The number of nitrogens with one attached hydrogen (secondary N) is 2. The van der Waals surface area contributed by atoms with Gasteiger partial charge in [-0.25, -0.2) is 4.99 Å². The van der Waals surface area contributed by atoms with Crippen LogP contribution in [0.15, 0.2) is 11.3 Å². The predicted molar refractivity (Wildman–Crippen MR) is 94.9 cm³/mol. The minimum Gasteiger partial charge on any atom is -0.357 e. The molecule has 0 amide bonds. The maximum absolute atomic E-state index is 4.68. The van der Waals surface area contributed by atoms with Crippen LogP contribution in [0.2, 0.25) is 0 Å². The molecule has 0 aliphatic carbocycles. The summed E-state index contributed by atoms with van der Waals surface area (Å²) in [6, 6.07) is 0. The lowest BCUT2D eigenvalue weighted by Gasteiger charge is -2.12. The first-order valence-corrected chi connectivity index (χ1v) is 8.44. The molecule has 0 unspecified atom stereocenters. The van der Waals surface area contributed by atoms with Crippen molar-refractivity contribution in [3.8, 4) is 0 Å². The molecule has 0 fully saturated rings. The average Bonchev–Trinajstić information content (AvgIpc) is 3.10. The molecule has 0 aliphatic heterocycles. The molecule has 2 aromatic heterocycles. The van der Waals surface area contributed by atoms with Crippen LogP contribution in [-0.2, 0) is 26.6 Å². The second-order valence-corrected chi connectivity index (χ2v) is 5.69. The van der Waals surface area contributed by atoms with Gasteiger partial charge >= 0.3 is 0 Å². The van der Waals surface area contributed by atoms with Gasteiger partial charge in [0.15, 0.2) is 5.96 Å². The third-order valence-corrected chi connectivity index (χ3v) is 4.06. The molecule has 8 heteroatoms. The normalized spacial score (nSPS) is 11.8. The standard InChI is InChI=1S/C16H28N8/c1-6-15-21-20-11-24(15)9-8-18-16(17-7-2)19-10-14-12(3)22-23(5)13(14)4/h11H,6-10H2,1-5H3,(H2,17,18,19). The summed E-state index contributed by atoms with van der Waals surface area (Å²) in [4.78, 5) is 4.68. The van der Waals surface area contributed by atoms with E-state index in [0.29, 0.717) is 6.54 Å². The molecular formula is C16H28N8. The van der Waals surface area contributed by atoms with Gasteiger partial charge in [-0.05, 0) is 20.8 Å².